The molecule has 1 atom stereocenters. The lowest BCUT2D eigenvalue weighted by Gasteiger charge is -2.30. The maximum atomic E-state index is 13.2. The number of unbranched alkanes of at least 4 members (excludes halogenated alkanes) is 1. The Morgan fingerprint density at radius 2 is 1.81 bits per heavy atom. The monoisotopic (exact) mass is 502 g/mol. The predicted molar refractivity (Wildman–Crippen MR) is 133 cm³/mol. The zero-order chi connectivity index (χ0) is 23.5. The van der Waals surface area contributed by atoms with Crippen molar-refractivity contribution in [1.82, 2.24) is 10.2 Å². The fourth-order valence-electron chi connectivity index (χ4n) is 3.42. The third-order valence-electron chi connectivity index (χ3n) is 5.38. The molecule has 6 heteroatoms. The zero-order valence-corrected chi connectivity index (χ0v) is 21.2. The molecule has 1 unspecified atom stereocenters. The van der Waals surface area contributed by atoms with Gasteiger partial charge in [-0.1, -0.05) is 70.5 Å². The van der Waals surface area contributed by atoms with Crippen molar-refractivity contribution in [3.8, 4) is 5.75 Å². The van der Waals surface area contributed by atoms with Crippen LogP contribution in [0.5, 0.6) is 5.75 Å². The first-order chi connectivity index (χ1) is 15.4. The highest BCUT2D eigenvalue weighted by atomic mass is 79.9. The minimum absolute atomic E-state index is 0.118. The maximum Gasteiger partial charge on any atom is 0.261 e. The topological polar surface area (TPSA) is 58.6 Å². The van der Waals surface area contributed by atoms with Crippen molar-refractivity contribution in [2.24, 2.45) is 0 Å². The summed E-state index contributed by atoms with van der Waals surface area (Å²) in [6.45, 7) is 9.11. The van der Waals surface area contributed by atoms with Crippen molar-refractivity contribution in [2.75, 3.05) is 13.2 Å². The van der Waals surface area contributed by atoms with Crippen molar-refractivity contribution in [3.63, 3.8) is 0 Å². The molecule has 2 rings (SSSR count). The summed E-state index contributed by atoms with van der Waals surface area (Å²) in [6, 6.07) is 15.1. The first kappa shape index (κ1) is 25.9. The Balaban J connectivity index is 2.16. The lowest BCUT2D eigenvalue weighted by molar-refractivity contribution is -0.143. The second-order valence-electron chi connectivity index (χ2n) is 8.21. The van der Waals surface area contributed by atoms with E-state index >= 15 is 0 Å². The molecule has 0 aliphatic carbocycles. The molecule has 32 heavy (non-hydrogen) atoms. The number of amides is 2. The van der Waals surface area contributed by atoms with Crippen molar-refractivity contribution >= 4 is 27.7 Å². The van der Waals surface area contributed by atoms with Crippen LogP contribution in [0.1, 0.15) is 64.0 Å². The van der Waals surface area contributed by atoms with E-state index in [1.165, 1.54) is 5.56 Å². The number of carbonyl (C=O) groups excluding carboxylic acids is 2. The van der Waals surface area contributed by atoms with Crippen LogP contribution in [0.2, 0.25) is 0 Å². The normalized spacial score (nSPS) is 11.8. The van der Waals surface area contributed by atoms with Gasteiger partial charge in [-0.3, -0.25) is 9.59 Å². The fraction of sp³-hybridized carbons (Fsp3) is 0.462. The first-order valence-corrected chi connectivity index (χ1v) is 12.2. The largest absolute Gasteiger partial charge is 0.483 e. The summed E-state index contributed by atoms with van der Waals surface area (Å²) in [5, 5.41) is 2.97. The molecule has 0 aromatic heterocycles. The molecule has 2 aromatic carbocycles. The average Bonchev–Trinajstić information content (AvgIpc) is 2.78. The Morgan fingerprint density at radius 3 is 2.41 bits per heavy atom. The molecule has 1 N–H and O–H groups in total. The molecule has 0 radical (unpaired) electrons. The molecule has 5 nitrogen and oxygen atoms in total. The van der Waals surface area contributed by atoms with Gasteiger partial charge in [0.05, 0.1) is 4.47 Å². The molecule has 0 heterocycles. The minimum atomic E-state index is -0.546. The highest BCUT2D eigenvalue weighted by molar-refractivity contribution is 9.10. The molecule has 0 saturated carbocycles. The molecular formula is C26H35BrN2O3. The van der Waals surface area contributed by atoms with Crippen LogP contribution in [0.15, 0.2) is 53.0 Å². The highest BCUT2D eigenvalue weighted by Crippen LogP contribution is 2.29. The highest BCUT2D eigenvalue weighted by Gasteiger charge is 2.28. The molecule has 0 saturated heterocycles. The number of rotatable bonds is 12. The number of nitrogens with zero attached hydrogens (tertiary/aromatic N) is 1. The third kappa shape index (κ3) is 7.66. The lowest BCUT2D eigenvalue weighted by atomic mass is 10.0. The average molecular weight is 503 g/mol. The number of nitrogens with one attached hydrogen (secondary N) is 1. The smallest absolute Gasteiger partial charge is 0.261 e. The van der Waals surface area contributed by atoms with Gasteiger partial charge < -0.3 is 15.0 Å². The van der Waals surface area contributed by atoms with Gasteiger partial charge in [0.15, 0.2) is 6.61 Å². The van der Waals surface area contributed by atoms with E-state index in [1.807, 2.05) is 55.5 Å². The Bertz CT molecular complexity index is 871. The molecule has 0 fully saturated rings. The van der Waals surface area contributed by atoms with E-state index in [2.05, 4.69) is 42.0 Å². The van der Waals surface area contributed by atoms with Gasteiger partial charge in [0.2, 0.25) is 5.91 Å². The summed E-state index contributed by atoms with van der Waals surface area (Å²) in [6.07, 6.45) is 2.45. The SMILES string of the molecule is CCCCNC(=O)C(CC)N(Cc1ccccc1)C(=O)COc1ccc(C(C)C)cc1Br. The van der Waals surface area contributed by atoms with Gasteiger partial charge in [0.1, 0.15) is 11.8 Å². The second kappa shape index (κ2) is 13.3. The number of benzene rings is 2. The summed E-state index contributed by atoms with van der Waals surface area (Å²) in [5.41, 5.74) is 2.17. The quantitative estimate of drug-likeness (QED) is 0.380. The number of ether oxygens (including phenoxy) is 1. The molecule has 2 aromatic rings. The molecule has 0 bridgehead atoms. The Morgan fingerprint density at radius 1 is 1.09 bits per heavy atom. The van der Waals surface area contributed by atoms with Crippen LogP contribution in [0.4, 0.5) is 0 Å². The van der Waals surface area contributed by atoms with Crippen LogP contribution in [0.25, 0.3) is 0 Å². The predicted octanol–water partition coefficient (Wildman–Crippen LogP) is 5.68. The lowest BCUT2D eigenvalue weighted by Crippen LogP contribution is -2.50. The van der Waals surface area contributed by atoms with Crippen molar-refractivity contribution in [2.45, 2.75) is 65.5 Å². The van der Waals surface area contributed by atoms with E-state index < -0.39 is 6.04 Å². The van der Waals surface area contributed by atoms with Crippen LogP contribution in [0, 0.1) is 0 Å². The Kier molecular flexibility index (Phi) is 10.7. The van der Waals surface area contributed by atoms with Crippen LogP contribution in [-0.4, -0.2) is 35.9 Å². The number of halogens is 1. The Labute approximate surface area is 200 Å². The Hall–Kier alpha value is -2.34. The number of hydrogen-bond donors (Lipinski definition) is 1. The molecule has 0 spiro atoms. The number of hydrogen-bond acceptors (Lipinski definition) is 3. The van der Waals surface area contributed by atoms with Gasteiger partial charge in [-0.25, -0.2) is 0 Å². The van der Waals surface area contributed by atoms with E-state index in [1.54, 1.807) is 4.90 Å². The van der Waals surface area contributed by atoms with Crippen molar-refractivity contribution in [1.29, 1.82) is 0 Å². The van der Waals surface area contributed by atoms with Crippen LogP contribution >= 0.6 is 15.9 Å². The minimum Gasteiger partial charge on any atom is -0.483 e. The van der Waals surface area contributed by atoms with E-state index in [-0.39, 0.29) is 18.4 Å². The van der Waals surface area contributed by atoms with E-state index in [4.69, 9.17) is 4.74 Å². The van der Waals surface area contributed by atoms with Gasteiger partial charge in [-0.05, 0) is 57.9 Å². The molecule has 0 aliphatic heterocycles. The van der Waals surface area contributed by atoms with Gasteiger partial charge in [0.25, 0.3) is 5.91 Å². The van der Waals surface area contributed by atoms with Gasteiger partial charge in [-0.2, -0.15) is 0 Å². The van der Waals surface area contributed by atoms with Gasteiger partial charge in [0, 0.05) is 13.1 Å². The van der Waals surface area contributed by atoms with Crippen molar-refractivity contribution in [3.05, 3.63) is 64.1 Å². The third-order valence-corrected chi connectivity index (χ3v) is 6.00. The summed E-state index contributed by atoms with van der Waals surface area (Å²) in [4.78, 5) is 27.7. The summed E-state index contributed by atoms with van der Waals surface area (Å²) < 4.78 is 6.67. The second-order valence-corrected chi connectivity index (χ2v) is 9.06. The molecule has 2 amide bonds. The first-order valence-electron chi connectivity index (χ1n) is 11.4. The summed E-state index contributed by atoms with van der Waals surface area (Å²) >= 11 is 3.54. The fourth-order valence-corrected chi connectivity index (χ4v) is 3.93. The number of carbonyl (C=O) groups is 2. The van der Waals surface area contributed by atoms with Crippen molar-refractivity contribution < 1.29 is 14.3 Å². The summed E-state index contributed by atoms with van der Waals surface area (Å²) in [7, 11) is 0. The molecular weight excluding hydrogens is 468 g/mol. The van der Waals surface area contributed by atoms with E-state index in [0.29, 0.717) is 31.2 Å². The summed E-state index contributed by atoms with van der Waals surface area (Å²) in [5.74, 6) is 0.682. The van der Waals surface area contributed by atoms with Crippen LogP contribution in [-0.2, 0) is 16.1 Å². The van der Waals surface area contributed by atoms with Crippen LogP contribution < -0.4 is 10.1 Å². The van der Waals surface area contributed by atoms with Gasteiger partial charge in [-0.15, -0.1) is 0 Å². The standard InChI is InChI=1S/C26H35BrN2O3/c1-5-7-15-28-26(31)23(6-2)29(17-20-11-9-8-10-12-20)25(30)18-32-24-14-13-21(19(3)4)16-22(24)27/h8-14,16,19,23H,5-7,15,17-18H2,1-4H3,(H,28,31). The molecule has 0 aliphatic rings. The molecule has 174 valence electrons. The maximum absolute atomic E-state index is 13.2. The van der Waals surface area contributed by atoms with Gasteiger partial charge >= 0.3 is 0 Å². The zero-order valence-electron chi connectivity index (χ0n) is 19.6. The van der Waals surface area contributed by atoms with Crippen LogP contribution in [0.3, 0.4) is 0 Å². The van der Waals surface area contributed by atoms with E-state index in [9.17, 15) is 9.59 Å². The van der Waals surface area contributed by atoms with E-state index in [0.717, 1.165) is 22.9 Å².